The maximum atomic E-state index is 12.4. The molecule has 3 rings (SSSR count). The van der Waals surface area contributed by atoms with Crippen LogP contribution in [-0.2, 0) is 4.74 Å². The molecule has 0 spiro atoms. The highest BCUT2D eigenvalue weighted by atomic mass is 16.6. The average molecular weight is 339 g/mol. The molecule has 0 aromatic carbocycles. The van der Waals surface area contributed by atoms with Gasteiger partial charge >= 0.3 is 5.56 Å². The minimum Gasteiger partial charge on any atom is -0.394 e. The Hall–Kier alpha value is -2.34. The molecular weight excluding hydrogens is 322 g/mol. The van der Waals surface area contributed by atoms with Gasteiger partial charge in [0, 0.05) is 6.54 Å². The Morgan fingerprint density at radius 3 is 2.75 bits per heavy atom. The predicted octanol–water partition coefficient (Wildman–Crippen LogP) is -2.48. The zero-order chi connectivity index (χ0) is 17.4. The van der Waals surface area contributed by atoms with Crippen molar-refractivity contribution in [2.75, 3.05) is 18.5 Å². The van der Waals surface area contributed by atoms with E-state index < -0.39 is 42.3 Å². The van der Waals surface area contributed by atoms with Crippen LogP contribution in [0.25, 0.3) is 11.0 Å². The van der Waals surface area contributed by atoms with E-state index >= 15 is 0 Å². The first-order valence-corrected chi connectivity index (χ1v) is 7.35. The summed E-state index contributed by atoms with van der Waals surface area (Å²) < 4.78 is 6.52. The Bertz CT molecular complexity index is 864. The number of hydrogen-bond donors (Lipinski definition) is 5. The molecule has 0 aliphatic carbocycles. The van der Waals surface area contributed by atoms with Crippen molar-refractivity contribution < 1.29 is 20.1 Å². The van der Waals surface area contributed by atoms with Gasteiger partial charge in [-0.1, -0.05) is 0 Å². The van der Waals surface area contributed by atoms with Crippen LogP contribution in [0.3, 0.4) is 0 Å². The fourth-order valence-electron chi connectivity index (χ4n) is 2.65. The highest BCUT2D eigenvalue weighted by Crippen LogP contribution is 2.30. The van der Waals surface area contributed by atoms with Crippen molar-refractivity contribution in [2.45, 2.75) is 31.5 Å². The van der Waals surface area contributed by atoms with Gasteiger partial charge in [0.15, 0.2) is 11.7 Å². The zero-order valence-electron chi connectivity index (χ0n) is 12.7. The summed E-state index contributed by atoms with van der Waals surface area (Å²) in [6.45, 7) is 1.71. The SMILES string of the molecule is CCNc1nc(=O)c2ncn([C@H]3O[C@@H](CO)[C@H](O)[C@@H]3O)c2c(=O)[nH]1. The fraction of sp³-hybridized carbons (Fsp3) is 0.538. The highest BCUT2D eigenvalue weighted by molar-refractivity contribution is 5.73. The van der Waals surface area contributed by atoms with Crippen LogP contribution >= 0.6 is 0 Å². The number of ether oxygens (including phenoxy) is 1. The van der Waals surface area contributed by atoms with Crippen molar-refractivity contribution in [2.24, 2.45) is 0 Å². The molecule has 5 N–H and O–H groups in total. The van der Waals surface area contributed by atoms with E-state index in [2.05, 4.69) is 20.3 Å². The van der Waals surface area contributed by atoms with Gasteiger partial charge in [0.1, 0.15) is 23.8 Å². The van der Waals surface area contributed by atoms with Crippen LogP contribution in [0.5, 0.6) is 0 Å². The van der Waals surface area contributed by atoms with E-state index in [-0.39, 0.29) is 17.0 Å². The maximum Gasteiger partial charge on any atom is 0.301 e. The molecule has 0 bridgehead atoms. The van der Waals surface area contributed by atoms with Crippen LogP contribution in [0.4, 0.5) is 5.95 Å². The number of imidazole rings is 1. The highest BCUT2D eigenvalue weighted by Gasteiger charge is 2.44. The molecule has 1 fully saturated rings. The number of nitrogens with zero attached hydrogens (tertiary/aromatic N) is 3. The molecule has 1 aliphatic rings. The molecule has 0 unspecified atom stereocenters. The summed E-state index contributed by atoms with van der Waals surface area (Å²) in [5.74, 6) is -0.00166. The Morgan fingerprint density at radius 1 is 1.38 bits per heavy atom. The van der Waals surface area contributed by atoms with Crippen molar-refractivity contribution in [3.05, 3.63) is 27.0 Å². The van der Waals surface area contributed by atoms with Crippen LogP contribution in [0.15, 0.2) is 15.9 Å². The van der Waals surface area contributed by atoms with Crippen LogP contribution in [-0.4, -0.2) is 66.3 Å². The van der Waals surface area contributed by atoms with Crippen molar-refractivity contribution >= 4 is 17.0 Å². The van der Waals surface area contributed by atoms with Gasteiger partial charge in [-0.3, -0.25) is 19.1 Å². The molecule has 0 saturated carbocycles. The third-order valence-electron chi connectivity index (χ3n) is 3.79. The summed E-state index contributed by atoms with van der Waals surface area (Å²) in [4.78, 5) is 34.6. The minimum atomic E-state index is -1.40. The molecule has 3 heterocycles. The zero-order valence-corrected chi connectivity index (χ0v) is 12.7. The smallest absolute Gasteiger partial charge is 0.301 e. The van der Waals surface area contributed by atoms with Crippen LogP contribution in [0.1, 0.15) is 13.2 Å². The Morgan fingerprint density at radius 2 is 2.12 bits per heavy atom. The summed E-state index contributed by atoms with van der Waals surface area (Å²) in [6, 6.07) is 0. The second kappa shape index (κ2) is 6.28. The first-order chi connectivity index (χ1) is 11.5. The lowest BCUT2D eigenvalue weighted by atomic mass is 10.1. The molecule has 11 heteroatoms. The summed E-state index contributed by atoms with van der Waals surface area (Å²) in [6.07, 6.45) is -3.78. The Balaban J connectivity index is 2.18. The number of aromatic nitrogens is 4. The molecular formula is C13H17N5O6. The Labute approximate surface area is 134 Å². The van der Waals surface area contributed by atoms with Crippen molar-refractivity contribution in [3.8, 4) is 0 Å². The number of aliphatic hydroxyl groups excluding tert-OH is 3. The second-order valence-corrected chi connectivity index (χ2v) is 5.33. The number of rotatable bonds is 4. The van der Waals surface area contributed by atoms with Crippen molar-refractivity contribution in [3.63, 3.8) is 0 Å². The first kappa shape index (κ1) is 16.5. The quantitative estimate of drug-likeness (QED) is 0.406. The lowest BCUT2D eigenvalue weighted by molar-refractivity contribution is -0.0509. The van der Waals surface area contributed by atoms with Crippen molar-refractivity contribution in [1.82, 2.24) is 19.5 Å². The first-order valence-electron chi connectivity index (χ1n) is 7.35. The molecule has 0 radical (unpaired) electrons. The largest absolute Gasteiger partial charge is 0.394 e. The van der Waals surface area contributed by atoms with Gasteiger partial charge in [0.25, 0.3) is 5.56 Å². The fourth-order valence-corrected chi connectivity index (χ4v) is 2.65. The third-order valence-corrected chi connectivity index (χ3v) is 3.79. The molecule has 2 aromatic heterocycles. The molecule has 1 saturated heterocycles. The molecule has 11 nitrogen and oxygen atoms in total. The minimum absolute atomic E-state index is 0.00166. The number of fused-ring (bicyclic) bond motifs is 1. The standard InChI is InChI=1S/C13H17N5O6/c1-2-14-13-16-10(22)6-7(11(23)17-13)18(4-15-6)12-9(21)8(20)5(3-19)24-12/h4-5,8-9,12,19-21H,2-3H2,1H3,(H2,14,16,17,22,23)/t5-,8-,9-,12-/m0/s1. The molecule has 0 amide bonds. The van der Waals surface area contributed by atoms with E-state index in [1.54, 1.807) is 6.92 Å². The van der Waals surface area contributed by atoms with Gasteiger partial charge in [-0.2, -0.15) is 4.98 Å². The Kier molecular flexibility index (Phi) is 4.32. The molecule has 130 valence electrons. The predicted molar refractivity (Wildman–Crippen MR) is 81.6 cm³/mol. The summed E-state index contributed by atoms with van der Waals surface area (Å²) >= 11 is 0. The van der Waals surface area contributed by atoms with Crippen molar-refractivity contribution in [1.29, 1.82) is 0 Å². The van der Waals surface area contributed by atoms with E-state index in [0.29, 0.717) is 6.54 Å². The monoisotopic (exact) mass is 339 g/mol. The van der Waals surface area contributed by atoms with Gasteiger partial charge in [0.05, 0.1) is 12.9 Å². The molecule has 1 aliphatic heterocycles. The van der Waals surface area contributed by atoms with E-state index in [1.807, 2.05) is 0 Å². The van der Waals surface area contributed by atoms with E-state index in [4.69, 9.17) is 9.84 Å². The number of hydrogen-bond acceptors (Lipinski definition) is 9. The number of H-pyrrole nitrogens is 1. The van der Waals surface area contributed by atoms with Crippen LogP contribution < -0.4 is 16.4 Å². The van der Waals surface area contributed by atoms with Gasteiger partial charge in [-0.05, 0) is 6.92 Å². The van der Waals surface area contributed by atoms with Crippen LogP contribution in [0, 0.1) is 0 Å². The maximum absolute atomic E-state index is 12.4. The van der Waals surface area contributed by atoms with Gasteiger partial charge in [-0.25, -0.2) is 4.98 Å². The number of nitrogens with one attached hydrogen (secondary N) is 2. The van der Waals surface area contributed by atoms with E-state index in [9.17, 15) is 19.8 Å². The topological polar surface area (TPSA) is 163 Å². The summed E-state index contributed by atoms with van der Waals surface area (Å²) in [7, 11) is 0. The summed E-state index contributed by atoms with van der Waals surface area (Å²) in [5.41, 5.74) is -1.74. The number of anilines is 1. The normalized spacial score (nSPS) is 26.8. The second-order valence-electron chi connectivity index (χ2n) is 5.33. The lowest BCUT2D eigenvalue weighted by Gasteiger charge is -2.16. The lowest BCUT2D eigenvalue weighted by Crippen LogP contribution is -2.33. The summed E-state index contributed by atoms with van der Waals surface area (Å²) in [5, 5.41) is 31.8. The van der Waals surface area contributed by atoms with Gasteiger partial charge in [0.2, 0.25) is 5.95 Å². The molecule has 4 atom stereocenters. The average Bonchev–Trinajstić information content (AvgIpc) is 3.07. The number of aliphatic hydroxyl groups is 3. The number of aromatic amines is 1. The van der Waals surface area contributed by atoms with Gasteiger partial charge < -0.3 is 25.4 Å². The van der Waals surface area contributed by atoms with E-state index in [0.717, 1.165) is 10.9 Å². The van der Waals surface area contributed by atoms with E-state index in [1.165, 1.54) is 0 Å². The third kappa shape index (κ3) is 2.57. The van der Waals surface area contributed by atoms with Crippen LogP contribution in [0.2, 0.25) is 0 Å². The molecule has 2 aromatic rings. The molecule has 24 heavy (non-hydrogen) atoms. The van der Waals surface area contributed by atoms with Gasteiger partial charge in [-0.15, -0.1) is 0 Å².